The summed E-state index contributed by atoms with van der Waals surface area (Å²) in [4.78, 5) is 10.4. The second-order valence-corrected chi connectivity index (χ2v) is 2.92. The Balaban J connectivity index is 4.03. The summed E-state index contributed by atoms with van der Waals surface area (Å²) >= 11 is 0. The van der Waals surface area contributed by atoms with Gasteiger partial charge in [0.2, 0.25) is 0 Å². The molecule has 2 nitrogen and oxygen atoms in total. The summed E-state index contributed by atoms with van der Waals surface area (Å²) in [6.45, 7) is 3.97. The lowest BCUT2D eigenvalue weighted by Gasteiger charge is -1.99. The van der Waals surface area contributed by atoms with E-state index in [1.807, 2.05) is 13.0 Å². The van der Waals surface area contributed by atoms with Gasteiger partial charge in [-0.3, -0.25) is 4.79 Å². The van der Waals surface area contributed by atoms with Crippen LogP contribution < -0.4 is 0 Å². The highest BCUT2D eigenvalue weighted by molar-refractivity contribution is 5.73. The van der Waals surface area contributed by atoms with Crippen molar-refractivity contribution in [3.05, 3.63) is 23.8 Å². The number of hydrogen-bond acceptors (Lipinski definition) is 2. The van der Waals surface area contributed by atoms with Gasteiger partial charge >= 0.3 is 0 Å². The third-order valence-corrected chi connectivity index (χ3v) is 1.73. The van der Waals surface area contributed by atoms with Crippen LogP contribution in [0.4, 0.5) is 0 Å². The van der Waals surface area contributed by atoms with Gasteiger partial charge in [0.15, 0.2) is 0 Å². The number of aliphatic hydroxyl groups excluding tert-OH is 1. The minimum Gasteiger partial charge on any atom is -0.385 e. The molecule has 0 saturated heterocycles. The highest BCUT2D eigenvalue weighted by Gasteiger charge is 1.96. The number of aldehydes is 1. The lowest BCUT2D eigenvalue weighted by atomic mass is 10.1. The minimum absolute atomic E-state index is 0.619. The fraction of sp³-hybridized carbons (Fsp3) is 0.545. The van der Waals surface area contributed by atoms with E-state index in [-0.39, 0.29) is 0 Å². The van der Waals surface area contributed by atoms with E-state index in [1.165, 1.54) is 0 Å². The van der Waals surface area contributed by atoms with Gasteiger partial charge in [0.1, 0.15) is 6.29 Å². The Morgan fingerprint density at radius 3 is 2.62 bits per heavy atom. The Hall–Kier alpha value is -0.890. The van der Waals surface area contributed by atoms with Crippen LogP contribution in [0.15, 0.2) is 23.8 Å². The Labute approximate surface area is 80.0 Å². The molecule has 0 aliphatic heterocycles. The van der Waals surface area contributed by atoms with Gasteiger partial charge in [-0.15, -0.1) is 0 Å². The van der Waals surface area contributed by atoms with Crippen molar-refractivity contribution in [1.82, 2.24) is 0 Å². The summed E-state index contributed by atoms with van der Waals surface area (Å²) in [6.07, 6.45) is 8.10. The van der Waals surface area contributed by atoms with Gasteiger partial charge in [0.05, 0.1) is 6.10 Å². The van der Waals surface area contributed by atoms with Crippen LogP contribution >= 0.6 is 0 Å². The number of carbonyl (C=O) groups is 1. The summed E-state index contributed by atoms with van der Waals surface area (Å²) in [6, 6.07) is 0. The van der Waals surface area contributed by atoms with Gasteiger partial charge in [-0.2, -0.15) is 0 Å². The van der Waals surface area contributed by atoms with Crippen LogP contribution in [0, 0.1) is 0 Å². The largest absolute Gasteiger partial charge is 0.385 e. The molecule has 74 valence electrons. The van der Waals surface area contributed by atoms with Crippen LogP contribution in [0.1, 0.15) is 33.1 Å². The van der Waals surface area contributed by atoms with Crippen LogP contribution in [-0.4, -0.2) is 17.5 Å². The molecule has 0 bridgehead atoms. The number of rotatable bonds is 6. The molecule has 0 rings (SSSR count). The van der Waals surface area contributed by atoms with Crippen molar-refractivity contribution in [3.8, 4) is 0 Å². The zero-order chi connectivity index (χ0) is 10.1. The summed E-state index contributed by atoms with van der Waals surface area (Å²) in [5.41, 5.74) is 0.647. The molecule has 13 heavy (non-hydrogen) atoms. The first-order valence-corrected chi connectivity index (χ1v) is 4.75. The summed E-state index contributed by atoms with van der Waals surface area (Å²) < 4.78 is 0. The molecule has 0 fully saturated rings. The zero-order valence-corrected chi connectivity index (χ0v) is 8.36. The van der Waals surface area contributed by atoms with Crippen LogP contribution in [0.25, 0.3) is 0 Å². The molecule has 1 unspecified atom stereocenters. The van der Waals surface area contributed by atoms with Gasteiger partial charge in [-0.25, -0.2) is 0 Å². The molecule has 0 aromatic rings. The maximum Gasteiger partial charge on any atom is 0.145 e. The van der Waals surface area contributed by atoms with E-state index in [9.17, 15) is 9.90 Å². The smallest absolute Gasteiger partial charge is 0.145 e. The van der Waals surface area contributed by atoms with Gasteiger partial charge in [-0.1, -0.05) is 32.4 Å². The number of unbranched alkanes of at least 4 members (excludes halogenated alkanes) is 1. The summed E-state index contributed by atoms with van der Waals surface area (Å²) in [7, 11) is 0. The average Bonchev–Trinajstić information content (AvgIpc) is 2.14. The quantitative estimate of drug-likeness (QED) is 0.388. The maximum absolute atomic E-state index is 10.4. The summed E-state index contributed by atoms with van der Waals surface area (Å²) in [5, 5.41) is 9.39. The van der Waals surface area contributed by atoms with Crippen molar-refractivity contribution >= 4 is 6.29 Å². The van der Waals surface area contributed by atoms with Crippen LogP contribution in [0.3, 0.4) is 0 Å². The zero-order valence-electron chi connectivity index (χ0n) is 8.36. The van der Waals surface area contributed by atoms with Gasteiger partial charge in [-0.05, 0) is 24.5 Å². The standard InChI is InChI=1S/C11H18O2/c1-3-5-6-7-11(13)8-10(4-2)9-12/h6-9,11,13H,3-5H2,1-2H3/b7-6?,10-8+. The predicted molar refractivity (Wildman–Crippen MR) is 54.5 cm³/mol. The van der Waals surface area contributed by atoms with E-state index in [1.54, 1.807) is 12.2 Å². The molecular weight excluding hydrogens is 164 g/mol. The van der Waals surface area contributed by atoms with Crippen molar-refractivity contribution < 1.29 is 9.90 Å². The molecule has 0 aromatic heterocycles. The van der Waals surface area contributed by atoms with E-state index < -0.39 is 6.10 Å². The maximum atomic E-state index is 10.4. The highest BCUT2D eigenvalue weighted by atomic mass is 16.3. The molecule has 2 heteroatoms. The first-order chi connectivity index (χ1) is 6.24. The molecule has 0 radical (unpaired) electrons. The van der Waals surface area contributed by atoms with E-state index in [2.05, 4.69) is 6.92 Å². The van der Waals surface area contributed by atoms with Gasteiger partial charge in [0.25, 0.3) is 0 Å². The van der Waals surface area contributed by atoms with Crippen molar-refractivity contribution in [2.24, 2.45) is 0 Å². The second kappa shape index (κ2) is 7.74. The van der Waals surface area contributed by atoms with E-state index in [0.29, 0.717) is 12.0 Å². The monoisotopic (exact) mass is 182 g/mol. The van der Waals surface area contributed by atoms with Gasteiger partial charge in [0, 0.05) is 0 Å². The molecule has 0 aromatic carbocycles. The third-order valence-electron chi connectivity index (χ3n) is 1.73. The second-order valence-electron chi connectivity index (χ2n) is 2.92. The number of carbonyl (C=O) groups excluding carboxylic acids is 1. The predicted octanol–water partition coefficient (Wildman–Crippen LogP) is 2.24. The normalized spacial score (nSPS) is 14.8. The van der Waals surface area contributed by atoms with Crippen molar-refractivity contribution in [1.29, 1.82) is 0 Å². The van der Waals surface area contributed by atoms with Gasteiger partial charge < -0.3 is 5.11 Å². The van der Waals surface area contributed by atoms with Crippen LogP contribution in [0.2, 0.25) is 0 Å². The number of aliphatic hydroxyl groups is 1. The Morgan fingerprint density at radius 1 is 1.46 bits per heavy atom. The first-order valence-electron chi connectivity index (χ1n) is 4.75. The molecule has 1 N–H and O–H groups in total. The lowest BCUT2D eigenvalue weighted by molar-refractivity contribution is -0.105. The minimum atomic E-state index is -0.619. The van der Waals surface area contributed by atoms with Crippen molar-refractivity contribution in [2.45, 2.75) is 39.2 Å². The highest BCUT2D eigenvalue weighted by Crippen LogP contribution is 2.01. The Bertz CT molecular complexity index is 192. The first kappa shape index (κ1) is 12.1. The molecule has 0 heterocycles. The lowest BCUT2D eigenvalue weighted by Crippen LogP contribution is -1.99. The van der Waals surface area contributed by atoms with E-state index in [4.69, 9.17) is 0 Å². The van der Waals surface area contributed by atoms with Crippen LogP contribution in [-0.2, 0) is 4.79 Å². The van der Waals surface area contributed by atoms with E-state index in [0.717, 1.165) is 19.1 Å². The molecule has 0 saturated carbocycles. The average molecular weight is 182 g/mol. The molecule has 1 atom stereocenters. The topological polar surface area (TPSA) is 37.3 Å². The van der Waals surface area contributed by atoms with E-state index >= 15 is 0 Å². The molecule has 0 aliphatic rings. The fourth-order valence-electron chi connectivity index (χ4n) is 0.918. The molecule has 0 amide bonds. The summed E-state index contributed by atoms with van der Waals surface area (Å²) in [5.74, 6) is 0. The molecule has 0 spiro atoms. The van der Waals surface area contributed by atoms with Crippen molar-refractivity contribution in [3.63, 3.8) is 0 Å². The molecule has 0 aliphatic carbocycles. The fourth-order valence-corrected chi connectivity index (χ4v) is 0.918. The van der Waals surface area contributed by atoms with Crippen molar-refractivity contribution in [2.75, 3.05) is 0 Å². The third kappa shape index (κ3) is 6.29. The number of hydrogen-bond donors (Lipinski definition) is 1. The van der Waals surface area contributed by atoms with Crippen LogP contribution in [0.5, 0.6) is 0 Å². The molecular formula is C11H18O2. The SMILES string of the molecule is CCCC=CC(O)/C=C(/C=O)CC. The Kier molecular flexibility index (Phi) is 7.21. The Morgan fingerprint density at radius 2 is 2.15 bits per heavy atom. The number of allylic oxidation sites excluding steroid dienone is 2.